The van der Waals surface area contributed by atoms with E-state index < -0.39 is 15.9 Å². The van der Waals surface area contributed by atoms with E-state index in [-0.39, 0.29) is 41.4 Å². The SMILES string of the molecule is CCCN(C(=O)c1ccc2c(c1)S(=O)(=O)N(CC)C2=O)C1CCNC1.Cl. The first-order valence-electron chi connectivity index (χ1n) is 8.64. The maximum atomic E-state index is 13.0. The number of hydrogen-bond donors (Lipinski definition) is 1. The van der Waals surface area contributed by atoms with Crippen LogP contribution in [0.1, 0.15) is 47.4 Å². The Kier molecular flexibility index (Phi) is 6.31. The van der Waals surface area contributed by atoms with Gasteiger partial charge in [-0.1, -0.05) is 6.92 Å². The standard InChI is InChI=1S/C17H23N3O4S.ClH/c1-3-9-19(13-7-8-18-11-13)16(21)12-5-6-14-15(10-12)25(23,24)20(4-2)17(14)22;/h5-6,10,13,18H,3-4,7-9,11H2,1-2H3;1H. The highest BCUT2D eigenvalue weighted by atomic mass is 35.5. The molecule has 1 saturated heterocycles. The van der Waals surface area contributed by atoms with Crippen molar-refractivity contribution in [3.8, 4) is 0 Å². The third-order valence-corrected chi connectivity index (χ3v) is 6.64. The molecule has 1 aromatic carbocycles. The lowest BCUT2D eigenvalue weighted by Gasteiger charge is -2.28. The molecule has 0 bridgehead atoms. The lowest BCUT2D eigenvalue weighted by molar-refractivity contribution is 0.0691. The monoisotopic (exact) mass is 401 g/mol. The molecular weight excluding hydrogens is 378 g/mol. The summed E-state index contributed by atoms with van der Waals surface area (Å²) in [6.07, 6.45) is 1.71. The van der Waals surface area contributed by atoms with Gasteiger partial charge in [0.05, 0.1) is 5.56 Å². The molecule has 0 radical (unpaired) electrons. The number of nitrogens with one attached hydrogen (secondary N) is 1. The molecule has 3 rings (SSSR count). The molecule has 2 aliphatic heterocycles. The molecule has 0 spiro atoms. The first-order valence-corrected chi connectivity index (χ1v) is 10.1. The van der Waals surface area contributed by atoms with Crippen molar-refractivity contribution < 1.29 is 18.0 Å². The summed E-state index contributed by atoms with van der Waals surface area (Å²) in [6, 6.07) is 4.48. The van der Waals surface area contributed by atoms with Crippen LogP contribution in [-0.2, 0) is 10.0 Å². The Bertz CT molecular complexity index is 806. The molecule has 2 heterocycles. The number of benzene rings is 1. The van der Waals surface area contributed by atoms with Gasteiger partial charge in [0.2, 0.25) is 0 Å². The van der Waals surface area contributed by atoms with Gasteiger partial charge in [0, 0.05) is 31.2 Å². The molecule has 1 unspecified atom stereocenters. The fraction of sp³-hybridized carbons (Fsp3) is 0.529. The Morgan fingerprint density at radius 3 is 2.65 bits per heavy atom. The van der Waals surface area contributed by atoms with Crippen LogP contribution in [0.5, 0.6) is 0 Å². The fourth-order valence-electron chi connectivity index (χ4n) is 3.48. The van der Waals surface area contributed by atoms with Crippen LogP contribution < -0.4 is 5.32 Å². The topological polar surface area (TPSA) is 86.8 Å². The molecule has 0 aliphatic carbocycles. The zero-order chi connectivity index (χ0) is 18.2. The highest BCUT2D eigenvalue weighted by Gasteiger charge is 2.41. The van der Waals surface area contributed by atoms with Gasteiger partial charge in [-0.15, -0.1) is 12.4 Å². The number of carbonyl (C=O) groups excluding carboxylic acids is 2. The van der Waals surface area contributed by atoms with E-state index in [1.54, 1.807) is 13.0 Å². The van der Waals surface area contributed by atoms with Crippen molar-refractivity contribution in [3.63, 3.8) is 0 Å². The third-order valence-electron chi connectivity index (χ3n) is 4.74. The van der Waals surface area contributed by atoms with Gasteiger partial charge >= 0.3 is 0 Å². The Hall–Kier alpha value is -1.64. The average Bonchev–Trinajstić information content (AvgIpc) is 3.18. The second kappa shape index (κ2) is 7.94. The number of hydrogen-bond acceptors (Lipinski definition) is 5. The Morgan fingerprint density at radius 2 is 2.08 bits per heavy atom. The summed E-state index contributed by atoms with van der Waals surface area (Å²) >= 11 is 0. The molecule has 9 heteroatoms. The molecule has 2 amide bonds. The molecule has 144 valence electrons. The van der Waals surface area contributed by atoms with Crippen LogP contribution in [-0.4, -0.2) is 61.7 Å². The number of amides is 2. The third kappa shape index (κ3) is 3.33. The van der Waals surface area contributed by atoms with Crippen LogP contribution in [0.2, 0.25) is 0 Å². The number of halogens is 1. The summed E-state index contributed by atoms with van der Waals surface area (Å²) in [5.74, 6) is -0.710. The number of fused-ring (bicyclic) bond motifs is 1. The van der Waals surface area contributed by atoms with E-state index in [0.717, 1.165) is 30.2 Å². The van der Waals surface area contributed by atoms with Crippen LogP contribution in [0.3, 0.4) is 0 Å². The highest BCUT2D eigenvalue weighted by molar-refractivity contribution is 7.90. The van der Waals surface area contributed by atoms with E-state index in [4.69, 9.17) is 0 Å². The van der Waals surface area contributed by atoms with Crippen LogP contribution >= 0.6 is 12.4 Å². The van der Waals surface area contributed by atoms with Crippen molar-refractivity contribution in [2.75, 3.05) is 26.2 Å². The van der Waals surface area contributed by atoms with Gasteiger partial charge in [0.25, 0.3) is 21.8 Å². The van der Waals surface area contributed by atoms with Crippen molar-refractivity contribution >= 4 is 34.2 Å². The van der Waals surface area contributed by atoms with Crippen LogP contribution in [0, 0.1) is 0 Å². The average molecular weight is 402 g/mol. The van der Waals surface area contributed by atoms with Crippen LogP contribution in [0.15, 0.2) is 23.1 Å². The van der Waals surface area contributed by atoms with Crippen molar-refractivity contribution in [3.05, 3.63) is 29.3 Å². The molecule has 2 aliphatic rings. The van der Waals surface area contributed by atoms with Crippen molar-refractivity contribution in [2.24, 2.45) is 0 Å². The molecule has 0 aromatic heterocycles. The second-order valence-corrected chi connectivity index (χ2v) is 8.16. The minimum atomic E-state index is -3.86. The molecule has 1 atom stereocenters. The molecule has 0 saturated carbocycles. The second-order valence-electron chi connectivity index (χ2n) is 6.33. The molecule has 1 N–H and O–H groups in total. The van der Waals surface area contributed by atoms with Gasteiger partial charge in [-0.25, -0.2) is 12.7 Å². The summed E-state index contributed by atoms with van der Waals surface area (Å²) in [7, 11) is -3.86. The van der Waals surface area contributed by atoms with Crippen molar-refractivity contribution in [1.82, 2.24) is 14.5 Å². The maximum absolute atomic E-state index is 13.0. The molecule has 1 fully saturated rings. The first kappa shape index (κ1) is 20.7. The predicted molar refractivity (Wildman–Crippen MR) is 100 cm³/mol. The largest absolute Gasteiger partial charge is 0.334 e. The zero-order valence-corrected chi connectivity index (χ0v) is 16.5. The summed E-state index contributed by atoms with van der Waals surface area (Å²) in [4.78, 5) is 26.9. The van der Waals surface area contributed by atoms with Gasteiger partial charge in [0.1, 0.15) is 4.90 Å². The zero-order valence-electron chi connectivity index (χ0n) is 14.9. The van der Waals surface area contributed by atoms with E-state index in [2.05, 4.69) is 5.32 Å². The van der Waals surface area contributed by atoms with Gasteiger partial charge in [-0.2, -0.15) is 0 Å². The minimum Gasteiger partial charge on any atom is -0.334 e. The lowest BCUT2D eigenvalue weighted by atomic mass is 10.1. The van der Waals surface area contributed by atoms with Gasteiger partial charge < -0.3 is 10.2 Å². The molecule has 7 nitrogen and oxygen atoms in total. The van der Waals surface area contributed by atoms with E-state index >= 15 is 0 Å². The number of rotatable bonds is 5. The Labute approximate surface area is 160 Å². The van der Waals surface area contributed by atoms with E-state index in [1.807, 2.05) is 11.8 Å². The van der Waals surface area contributed by atoms with Crippen LogP contribution in [0.25, 0.3) is 0 Å². The summed E-state index contributed by atoms with van der Waals surface area (Å²) in [5, 5.41) is 3.25. The smallest absolute Gasteiger partial charge is 0.268 e. The summed E-state index contributed by atoms with van der Waals surface area (Å²) in [5.41, 5.74) is 0.455. The molecular formula is C17H24ClN3O4S. The normalized spacial score (nSPS) is 20.6. The van der Waals surface area contributed by atoms with E-state index in [9.17, 15) is 18.0 Å². The van der Waals surface area contributed by atoms with Crippen molar-refractivity contribution in [2.45, 2.75) is 37.6 Å². The molecule has 26 heavy (non-hydrogen) atoms. The summed E-state index contributed by atoms with van der Waals surface area (Å²) in [6.45, 7) is 5.94. The number of carbonyl (C=O) groups is 2. The highest BCUT2D eigenvalue weighted by Crippen LogP contribution is 2.31. The Morgan fingerprint density at radius 1 is 1.35 bits per heavy atom. The fourth-order valence-corrected chi connectivity index (χ4v) is 5.09. The van der Waals surface area contributed by atoms with Gasteiger partial charge in [0.15, 0.2) is 0 Å². The predicted octanol–water partition coefficient (Wildman–Crippen LogP) is 1.49. The number of sulfonamides is 1. The van der Waals surface area contributed by atoms with E-state index in [0.29, 0.717) is 12.1 Å². The quantitative estimate of drug-likeness (QED) is 0.807. The lowest BCUT2D eigenvalue weighted by Crippen LogP contribution is -2.42. The van der Waals surface area contributed by atoms with E-state index in [1.165, 1.54) is 12.1 Å². The Balaban J connectivity index is 0.00000243. The summed E-state index contributed by atoms with van der Waals surface area (Å²) < 4.78 is 25.9. The number of nitrogens with zero attached hydrogens (tertiary/aromatic N) is 2. The van der Waals surface area contributed by atoms with Gasteiger partial charge in [-0.3, -0.25) is 9.59 Å². The first-order chi connectivity index (χ1) is 11.9. The van der Waals surface area contributed by atoms with Crippen molar-refractivity contribution in [1.29, 1.82) is 0 Å². The molecule has 1 aromatic rings. The maximum Gasteiger partial charge on any atom is 0.268 e. The van der Waals surface area contributed by atoms with Gasteiger partial charge in [-0.05, 0) is 44.5 Å². The van der Waals surface area contributed by atoms with Crippen LogP contribution in [0.4, 0.5) is 0 Å². The minimum absolute atomic E-state index is 0.